The van der Waals surface area contributed by atoms with E-state index >= 15 is 0 Å². The van der Waals surface area contributed by atoms with Gasteiger partial charge in [-0.2, -0.15) is 0 Å². The Hall–Kier alpha value is -1.12. The Morgan fingerprint density at radius 1 is 0.895 bits per heavy atom. The van der Waals surface area contributed by atoms with Gasteiger partial charge in [-0.1, -0.05) is 57.4 Å². The molecule has 0 amide bonds. The molecule has 2 rings (SSSR count). The SMILES string of the molecule is CNC(c1ccc(C)cc1C)c1cc(C)ccc1Br. The largest absolute Gasteiger partial charge is 0.309 e. The van der Waals surface area contributed by atoms with Crippen molar-refractivity contribution in [3.05, 3.63) is 68.7 Å². The van der Waals surface area contributed by atoms with Crippen LogP contribution in [0.1, 0.15) is 33.9 Å². The maximum Gasteiger partial charge on any atom is 0.0588 e. The molecule has 0 aliphatic heterocycles. The fourth-order valence-electron chi connectivity index (χ4n) is 2.51. The monoisotopic (exact) mass is 317 g/mol. The third kappa shape index (κ3) is 3.07. The summed E-state index contributed by atoms with van der Waals surface area (Å²) >= 11 is 3.67. The lowest BCUT2D eigenvalue weighted by Crippen LogP contribution is -2.19. The summed E-state index contributed by atoms with van der Waals surface area (Å²) in [6.07, 6.45) is 0. The summed E-state index contributed by atoms with van der Waals surface area (Å²) in [6, 6.07) is 13.3. The number of nitrogens with one attached hydrogen (secondary N) is 1. The summed E-state index contributed by atoms with van der Waals surface area (Å²) in [4.78, 5) is 0. The van der Waals surface area contributed by atoms with E-state index in [-0.39, 0.29) is 6.04 Å². The Morgan fingerprint density at radius 2 is 1.53 bits per heavy atom. The smallest absolute Gasteiger partial charge is 0.0588 e. The molecule has 2 aromatic rings. The second kappa shape index (κ2) is 5.89. The summed E-state index contributed by atoms with van der Waals surface area (Å²) in [7, 11) is 2.01. The Morgan fingerprint density at radius 3 is 2.16 bits per heavy atom. The van der Waals surface area contributed by atoms with Crippen LogP contribution in [0.2, 0.25) is 0 Å². The average molecular weight is 318 g/mol. The van der Waals surface area contributed by atoms with Crippen LogP contribution in [0, 0.1) is 20.8 Å². The molecule has 1 atom stereocenters. The van der Waals surface area contributed by atoms with Crippen LogP contribution in [-0.2, 0) is 0 Å². The van der Waals surface area contributed by atoms with Crippen molar-refractivity contribution in [3.63, 3.8) is 0 Å². The molecule has 0 aliphatic carbocycles. The van der Waals surface area contributed by atoms with Gasteiger partial charge in [0.25, 0.3) is 0 Å². The van der Waals surface area contributed by atoms with E-state index in [1.54, 1.807) is 0 Å². The van der Waals surface area contributed by atoms with E-state index in [0.717, 1.165) is 4.47 Å². The molecule has 0 aliphatic rings. The van der Waals surface area contributed by atoms with Crippen LogP contribution in [0.3, 0.4) is 0 Å². The van der Waals surface area contributed by atoms with Gasteiger partial charge in [0, 0.05) is 4.47 Å². The van der Waals surface area contributed by atoms with Gasteiger partial charge in [-0.15, -0.1) is 0 Å². The first-order valence-corrected chi connectivity index (χ1v) is 7.32. The van der Waals surface area contributed by atoms with Crippen molar-refractivity contribution in [1.29, 1.82) is 0 Å². The zero-order valence-corrected chi connectivity index (χ0v) is 13.5. The number of rotatable bonds is 3. The van der Waals surface area contributed by atoms with E-state index in [0.29, 0.717) is 0 Å². The number of hydrogen-bond donors (Lipinski definition) is 1. The van der Waals surface area contributed by atoms with Gasteiger partial charge in [0.15, 0.2) is 0 Å². The number of halogens is 1. The Bertz CT molecular complexity index is 590. The molecule has 19 heavy (non-hydrogen) atoms. The minimum Gasteiger partial charge on any atom is -0.309 e. The van der Waals surface area contributed by atoms with Crippen LogP contribution >= 0.6 is 15.9 Å². The van der Waals surface area contributed by atoms with Gasteiger partial charge in [-0.3, -0.25) is 0 Å². The Kier molecular flexibility index (Phi) is 4.43. The second-order valence-corrected chi connectivity index (χ2v) is 5.96. The molecule has 1 N–H and O–H groups in total. The summed E-state index contributed by atoms with van der Waals surface area (Å²) in [6.45, 7) is 6.44. The Balaban J connectivity index is 2.52. The highest BCUT2D eigenvalue weighted by Gasteiger charge is 2.16. The minimum atomic E-state index is 0.217. The van der Waals surface area contributed by atoms with Crippen molar-refractivity contribution in [2.24, 2.45) is 0 Å². The van der Waals surface area contributed by atoms with Crippen LogP contribution in [0.15, 0.2) is 40.9 Å². The van der Waals surface area contributed by atoms with Gasteiger partial charge in [-0.25, -0.2) is 0 Å². The molecule has 0 radical (unpaired) electrons. The van der Waals surface area contributed by atoms with E-state index in [9.17, 15) is 0 Å². The zero-order valence-electron chi connectivity index (χ0n) is 11.9. The molecular weight excluding hydrogens is 298 g/mol. The molecule has 1 nitrogen and oxygen atoms in total. The first kappa shape index (κ1) is 14.3. The lowest BCUT2D eigenvalue weighted by atomic mass is 9.93. The Labute approximate surface area is 124 Å². The minimum absolute atomic E-state index is 0.217. The molecule has 1 unspecified atom stereocenters. The molecular formula is C17H20BrN. The van der Waals surface area contributed by atoms with Gasteiger partial charge >= 0.3 is 0 Å². The van der Waals surface area contributed by atoms with Gasteiger partial charge in [-0.05, 0) is 50.6 Å². The molecule has 0 aromatic heterocycles. The molecule has 0 fully saturated rings. The van der Waals surface area contributed by atoms with Crippen molar-refractivity contribution < 1.29 is 0 Å². The number of benzene rings is 2. The van der Waals surface area contributed by atoms with Gasteiger partial charge < -0.3 is 5.32 Å². The van der Waals surface area contributed by atoms with Crippen LogP contribution in [0.5, 0.6) is 0 Å². The highest BCUT2D eigenvalue weighted by atomic mass is 79.9. The quantitative estimate of drug-likeness (QED) is 0.866. The highest BCUT2D eigenvalue weighted by molar-refractivity contribution is 9.10. The third-order valence-corrected chi connectivity index (χ3v) is 4.21. The van der Waals surface area contributed by atoms with E-state index in [2.05, 4.69) is 78.4 Å². The summed E-state index contributed by atoms with van der Waals surface area (Å²) in [5.74, 6) is 0. The number of aryl methyl sites for hydroxylation is 3. The summed E-state index contributed by atoms with van der Waals surface area (Å²) in [5.41, 5.74) is 6.53. The van der Waals surface area contributed by atoms with E-state index in [4.69, 9.17) is 0 Å². The predicted octanol–water partition coefficient (Wildman–Crippen LogP) is 4.68. The number of hydrogen-bond acceptors (Lipinski definition) is 1. The molecule has 0 saturated heterocycles. The van der Waals surface area contributed by atoms with Crippen LogP contribution in [0.4, 0.5) is 0 Å². The molecule has 0 saturated carbocycles. The third-order valence-electron chi connectivity index (χ3n) is 3.49. The van der Waals surface area contributed by atoms with E-state index in [1.807, 2.05) is 7.05 Å². The van der Waals surface area contributed by atoms with E-state index in [1.165, 1.54) is 27.8 Å². The molecule has 2 heteroatoms. The van der Waals surface area contributed by atoms with Gasteiger partial charge in [0.05, 0.1) is 6.04 Å². The summed E-state index contributed by atoms with van der Waals surface area (Å²) in [5, 5.41) is 3.43. The zero-order chi connectivity index (χ0) is 14.0. The lowest BCUT2D eigenvalue weighted by molar-refractivity contribution is 0.684. The normalized spacial score (nSPS) is 12.5. The first-order chi connectivity index (χ1) is 9.02. The first-order valence-electron chi connectivity index (χ1n) is 6.53. The molecule has 0 spiro atoms. The van der Waals surface area contributed by atoms with Crippen molar-refractivity contribution in [2.75, 3.05) is 7.05 Å². The van der Waals surface area contributed by atoms with Crippen LogP contribution < -0.4 is 5.32 Å². The van der Waals surface area contributed by atoms with Crippen molar-refractivity contribution in [2.45, 2.75) is 26.8 Å². The highest BCUT2D eigenvalue weighted by Crippen LogP contribution is 2.31. The van der Waals surface area contributed by atoms with Crippen molar-refractivity contribution in [1.82, 2.24) is 5.32 Å². The topological polar surface area (TPSA) is 12.0 Å². The maximum atomic E-state index is 3.67. The average Bonchev–Trinajstić information content (AvgIpc) is 2.36. The lowest BCUT2D eigenvalue weighted by Gasteiger charge is -2.21. The molecule has 100 valence electrons. The fraction of sp³-hybridized carbons (Fsp3) is 0.294. The molecule has 0 heterocycles. The predicted molar refractivity (Wildman–Crippen MR) is 85.7 cm³/mol. The standard InChI is InChI=1S/C17H20BrN/c1-11-5-7-14(13(3)9-11)17(19-4)15-10-12(2)6-8-16(15)18/h5-10,17,19H,1-4H3. The van der Waals surface area contributed by atoms with Crippen LogP contribution in [-0.4, -0.2) is 7.05 Å². The molecule has 2 aromatic carbocycles. The van der Waals surface area contributed by atoms with Gasteiger partial charge in [0.2, 0.25) is 0 Å². The van der Waals surface area contributed by atoms with E-state index < -0.39 is 0 Å². The summed E-state index contributed by atoms with van der Waals surface area (Å²) < 4.78 is 1.15. The maximum absolute atomic E-state index is 3.67. The van der Waals surface area contributed by atoms with Crippen molar-refractivity contribution in [3.8, 4) is 0 Å². The molecule has 0 bridgehead atoms. The van der Waals surface area contributed by atoms with Crippen molar-refractivity contribution >= 4 is 15.9 Å². The van der Waals surface area contributed by atoms with Gasteiger partial charge in [0.1, 0.15) is 0 Å². The fourth-order valence-corrected chi connectivity index (χ4v) is 2.99. The van der Waals surface area contributed by atoms with Crippen LogP contribution in [0.25, 0.3) is 0 Å². The second-order valence-electron chi connectivity index (χ2n) is 5.11.